The summed E-state index contributed by atoms with van der Waals surface area (Å²) in [5.74, 6) is -0.185. The molecule has 2 aromatic rings. The number of tetrazole rings is 1. The molecule has 6 heteroatoms. The topological polar surface area (TPSA) is 80.9 Å². The van der Waals surface area contributed by atoms with E-state index in [1.165, 1.54) is 10.2 Å². The first-order valence-corrected chi connectivity index (χ1v) is 6.98. The summed E-state index contributed by atoms with van der Waals surface area (Å²) in [6, 6.07) is 5.13. The first-order valence-electron chi connectivity index (χ1n) is 6.98. The van der Waals surface area contributed by atoms with E-state index in [2.05, 4.69) is 15.5 Å². The Morgan fingerprint density at radius 2 is 2.00 bits per heavy atom. The van der Waals surface area contributed by atoms with Crippen molar-refractivity contribution in [2.45, 2.75) is 40.2 Å². The Morgan fingerprint density at radius 3 is 2.57 bits per heavy atom. The first kappa shape index (κ1) is 15.2. The molecule has 1 N–H and O–H groups in total. The van der Waals surface area contributed by atoms with Gasteiger partial charge >= 0.3 is 5.97 Å². The molecule has 0 fully saturated rings. The van der Waals surface area contributed by atoms with Crippen LogP contribution in [0.2, 0.25) is 0 Å². The molecular weight excluding hydrogens is 268 g/mol. The quantitative estimate of drug-likeness (QED) is 0.914. The number of aliphatic carboxylic acids is 1. The molecule has 2 rings (SSSR count). The van der Waals surface area contributed by atoms with E-state index in [4.69, 9.17) is 0 Å². The van der Waals surface area contributed by atoms with Crippen molar-refractivity contribution in [3.05, 3.63) is 29.3 Å². The van der Waals surface area contributed by atoms with Crippen molar-refractivity contribution in [3.8, 4) is 11.4 Å². The van der Waals surface area contributed by atoms with Crippen LogP contribution in [0.1, 0.15) is 37.4 Å². The van der Waals surface area contributed by atoms with Gasteiger partial charge in [0.1, 0.15) is 0 Å². The van der Waals surface area contributed by atoms with Crippen molar-refractivity contribution in [2.24, 2.45) is 5.92 Å². The lowest BCUT2D eigenvalue weighted by molar-refractivity contribution is -0.141. The lowest BCUT2D eigenvalue weighted by atomic mass is 10.0. The highest BCUT2D eigenvalue weighted by Gasteiger charge is 2.26. The zero-order valence-electron chi connectivity index (χ0n) is 12.7. The molecule has 21 heavy (non-hydrogen) atoms. The zero-order chi connectivity index (χ0) is 15.6. The summed E-state index contributed by atoms with van der Waals surface area (Å²) in [6.45, 7) is 8.00. The number of hydrogen-bond donors (Lipinski definition) is 1. The maximum Gasteiger partial charge on any atom is 0.328 e. The molecule has 0 saturated heterocycles. The number of aromatic nitrogens is 4. The van der Waals surface area contributed by atoms with Gasteiger partial charge in [-0.25, -0.2) is 9.48 Å². The number of carboxylic acids is 1. The summed E-state index contributed by atoms with van der Waals surface area (Å²) in [6.07, 6.45) is 0.484. The van der Waals surface area contributed by atoms with Crippen molar-refractivity contribution in [2.75, 3.05) is 0 Å². The molecule has 0 spiro atoms. The van der Waals surface area contributed by atoms with Crippen molar-refractivity contribution in [1.82, 2.24) is 20.2 Å². The Balaban J connectivity index is 2.45. The third-order valence-electron chi connectivity index (χ3n) is 3.53. The molecule has 0 aliphatic rings. The summed E-state index contributed by atoms with van der Waals surface area (Å²) in [4.78, 5) is 11.5. The SMILES string of the molecule is Cc1ccc(-c2nnnn2C(CC(C)C)C(=O)O)cc1C. The average molecular weight is 288 g/mol. The lowest BCUT2D eigenvalue weighted by Crippen LogP contribution is -2.23. The fraction of sp³-hybridized carbons (Fsp3) is 0.467. The maximum absolute atomic E-state index is 11.5. The monoisotopic (exact) mass is 288 g/mol. The van der Waals surface area contributed by atoms with Crippen LogP contribution >= 0.6 is 0 Å². The Hall–Kier alpha value is -2.24. The Labute approximate surface area is 123 Å². The fourth-order valence-corrected chi connectivity index (χ4v) is 2.23. The Morgan fingerprint density at radius 1 is 1.29 bits per heavy atom. The van der Waals surface area contributed by atoms with Gasteiger partial charge in [-0.05, 0) is 53.8 Å². The minimum atomic E-state index is -0.916. The van der Waals surface area contributed by atoms with Crippen LogP contribution in [0.25, 0.3) is 11.4 Å². The normalized spacial score (nSPS) is 12.6. The van der Waals surface area contributed by atoms with Gasteiger partial charge in [0.2, 0.25) is 0 Å². The second-order valence-corrected chi connectivity index (χ2v) is 5.73. The smallest absolute Gasteiger partial charge is 0.328 e. The molecular formula is C15H20N4O2. The number of carbonyl (C=O) groups is 1. The molecule has 0 amide bonds. The number of aryl methyl sites for hydroxylation is 2. The molecule has 1 atom stereocenters. The number of hydrogen-bond acceptors (Lipinski definition) is 4. The van der Waals surface area contributed by atoms with Crippen LogP contribution in [0, 0.1) is 19.8 Å². The van der Waals surface area contributed by atoms with E-state index >= 15 is 0 Å². The van der Waals surface area contributed by atoms with Crippen LogP contribution in [0.3, 0.4) is 0 Å². The molecule has 1 aromatic heterocycles. The van der Waals surface area contributed by atoms with Gasteiger partial charge in [-0.3, -0.25) is 0 Å². The molecule has 1 heterocycles. The summed E-state index contributed by atoms with van der Waals surface area (Å²) in [5.41, 5.74) is 3.13. The van der Waals surface area contributed by atoms with Gasteiger partial charge in [0, 0.05) is 5.56 Å². The third kappa shape index (κ3) is 3.26. The minimum absolute atomic E-state index is 0.239. The fourth-order valence-electron chi connectivity index (χ4n) is 2.23. The van der Waals surface area contributed by atoms with Gasteiger partial charge in [-0.1, -0.05) is 26.0 Å². The highest BCUT2D eigenvalue weighted by Crippen LogP contribution is 2.25. The lowest BCUT2D eigenvalue weighted by Gasteiger charge is -2.16. The van der Waals surface area contributed by atoms with Gasteiger partial charge in [-0.2, -0.15) is 0 Å². The van der Waals surface area contributed by atoms with E-state index in [1.807, 2.05) is 45.9 Å². The number of carboxylic acid groups (broad SMARTS) is 1. The number of benzene rings is 1. The van der Waals surface area contributed by atoms with Crippen LogP contribution < -0.4 is 0 Å². The molecule has 6 nitrogen and oxygen atoms in total. The van der Waals surface area contributed by atoms with Crippen molar-refractivity contribution >= 4 is 5.97 Å². The van der Waals surface area contributed by atoms with Crippen LogP contribution in [0.5, 0.6) is 0 Å². The molecule has 0 aliphatic heterocycles. The summed E-state index contributed by atoms with van der Waals surface area (Å²) in [5, 5.41) is 21.0. The van der Waals surface area contributed by atoms with E-state index < -0.39 is 12.0 Å². The van der Waals surface area contributed by atoms with E-state index in [-0.39, 0.29) is 5.92 Å². The van der Waals surface area contributed by atoms with Crippen LogP contribution in [0.15, 0.2) is 18.2 Å². The molecule has 1 unspecified atom stereocenters. The maximum atomic E-state index is 11.5. The highest BCUT2D eigenvalue weighted by molar-refractivity contribution is 5.73. The third-order valence-corrected chi connectivity index (χ3v) is 3.53. The standard InChI is InChI=1S/C15H20N4O2/c1-9(2)7-13(15(20)21)19-14(16-17-18-19)12-6-5-10(3)11(4)8-12/h5-6,8-9,13H,7H2,1-4H3,(H,20,21). The Bertz CT molecular complexity index is 649. The summed E-state index contributed by atoms with van der Waals surface area (Å²) in [7, 11) is 0. The molecule has 0 saturated carbocycles. The molecule has 0 bridgehead atoms. The average Bonchev–Trinajstić information content (AvgIpc) is 2.87. The number of rotatable bonds is 5. The van der Waals surface area contributed by atoms with Crippen molar-refractivity contribution in [1.29, 1.82) is 0 Å². The van der Waals surface area contributed by atoms with Crippen molar-refractivity contribution in [3.63, 3.8) is 0 Å². The Kier molecular flexibility index (Phi) is 4.35. The molecule has 1 aromatic carbocycles. The van der Waals surface area contributed by atoms with Gasteiger partial charge in [-0.15, -0.1) is 5.10 Å². The predicted molar refractivity (Wildman–Crippen MR) is 78.9 cm³/mol. The molecule has 0 radical (unpaired) electrons. The van der Waals surface area contributed by atoms with Gasteiger partial charge in [0.05, 0.1) is 0 Å². The largest absolute Gasteiger partial charge is 0.480 e. The minimum Gasteiger partial charge on any atom is -0.480 e. The molecule has 112 valence electrons. The van der Waals surface area contributed by atoms with Crippen LogP contribution in [0.4, 0.5) is 0 Å². The number of nitrogens with zero attached hydrogens (tertiary/aromatic N) is 4. The van der Waals surface area contributed by atoms with Crippen LogP contribution in [-0.4, -0.2) is 31.3 Å². The first-order chi connectivity index (χ1) is 9.90. The van der Waals surface area contributed by atoms with E-state index in [0.29, 0.717) is 12.2 Å². The highest BCUT2D eigenvalue weighted by atomic mass is 16.4. The van der Waals surface area contributed by atoms with Crippen LogP contribution in [-0.2, 0) is 4.79 Å². The van der Waals surface area contributed by atoms with E-state index in [9.17, 15) is 9.90 Å². The van der Waals surface area contributed by atoms with Gasteiger partial charge in [0.25, 0.3) is 0 Å². The second-order valence-electron chi connectivity index (χ2n) is 5.73. The van der Waals surface area contributed by atoms with Gasteiger partial charge < -0.3 is 5.11 Å². The predicted octanol–water partition coefficient (Wildman–Crippen LogP) is 2.63. The summed E-state index contributed by atoms with van der Waals surface area (Å²) >= 11 is 0. The zero-order valence-corrected chi connectivity index (χ0v) is 12.7. The van der Waals surface area contributed by atoms with E-state index in [0.717, 1.165) is 11.1 Å². The van der Waals surface area contributed by atoms with Gasteiger partial charge in [0.15, 0.2) is 11.9 Å². The van der Waals surface area contributed by atoms with E-state index in [1.54, 1.807) is 0 Å². The molecule has 0 aliphatic carbocycles. The van der Waals surface area contributed by atoms with Crippen molar-refractivity contribution < 1.29 is 9.90 Å². The summed E-state index contributed by atoms with van der Waals surface area (Å²) < 4.78 is 1.41. The second kappa shape index (κ2) is 6.03.